The van der Waals surface area contributed by atoms with Gasteiger partial charge in [-0.3, -0.25) is 0 Å². The van der Waals surface area contributed by atoms with Crippen molar-refractivity contribution in [3.8, 4) is 6.07 Å². The van der Waals surface area contributed by atoms with Gasteiger partial charge in [0.1, 0.15) is 11.6 Å². The molecule has 3 heteroatoms. The first kappa shape index (κ1) is 14.0. The molecule has 0 spiro atoms. The van der Waals surface area contributed by atoms with E-state index in [-0.39, 0.29) is 12.2 Å². The molecule has 94 valence electrons. The minimum atomic E-state index is -0.521. The molecule has 1 aromatic rings. The van der Waals surface area contributed by atoms with Gasteiger partial charge in [-0.1, -0.05) is 37.3 Å². The van der Waals surface area contributed by atoms with Gasteiger partial charge in [0.2, 0.25) is 0 Å². The quantitative estimate of drug-likeness (QED) is 0.454. The second-order valence-electron chi connectivity index (χ2n) is 3.83. The second kappa shape index (κ2) is 7.29. The highest BCUT2D eigenvalue weighted by Gasteiger charge is 2.15. The fourth-order valence-corrected chi connectivity index (χ4v) is 1.70. The van der Waals surface area contributed by atoms with Gasteiger partial charge in [-0.25, -0.2) is 4.79 Å². The number of nitrogens with zero attached hydrogens (tertiary/aromatic N) is 1. The van der Waals surface area contributed by atoms with Crippen molar-refractivity contribution in [2.75, 3.05) is 6.61 Å². The maximum Gasteiger partial charge on any atom is 0.348 e. The normalized spacial score (nSPS) is 11.4. The van der Waals surface area contributed by atoms with Gasteiger partial charge in [0.05, 0.1) is 6.61 Å². The smallest absolute Gasteiger partial charge is 0.348 e. The topological polar surface area (TPSA) is 50.1 Å². The third kappa shape index (κ3) is 3.74. The minimum absolute atomic E-state index is 0.142. The number of ether oxygens (including phenoxy) is 1. The zero-order chi connectivity index (χ0) is 13.4. The Bertz CT molecular complexity index is 469. The number of nitriles is 1. The number of hydrogen-bond acceptors (Lipinski definition) is 3. The Hall–Kier alpha value is -2.08. The van der Waals surface area contributed by atoms with Gasteiger partial charge in [-0.2, -0.15) is 5.26 Å². The summed E-state index contributed by atoms with van der Waals surface area (Å²) in [6, 6.07) is 11.8. The molecule has 0 saturated heterocycles. The fourth-order valence-electron chi connectivity index (χ4n) is 1.70. The second-order valence-corrected chi connectivity index (χ2v) is 3.83. The summed E-state index contributed by atoms with van der Waals surface area (Å²) >= 11 is 0. The van der Waals surface area contributed by atoms with Crippen molar-refractivity contribution in [3.05, 3.63) is 47.0 Å². The molecule has 1 rings (SSSR count). The van der Waals surface area contributed by atoms with E-state index in [4.69, 9.17) is 10.00 Å². The Morgan fingerprint density at radius 2 is 1.94 bits per heavy atom. The molecule has 18 heavy (non-hydrogen) atoms. The molecule has 0 bridgehead atoms. The molecule has 0 N–H and O–H groups in total. The lowest BCUT2D eigenvalue weighted by molar-refractivity contribution is -0.138. The summed E-state index contributed by atoms with van der Waals surface area (Å²) in [5.74, 6) is -0.521. The monoisotopic (exact) mass is 243 g/mol. The molecule has 0 fully saturated rings. The number of carbonyl (C=O) groups excluding carboxylic acids is 1. The molecule has 1 aromatic carbocycles. The van der Waals surface area contributed by atoms with E-state index in [0.29, 0.717) is 12.8 Å². The zero-order valence-corrected chi connectivity index (χ0v) is 10.8. The van der Waals surface area contributed by atoms with Crippen LogP contribution in [0.15, 0.2) is 41.5 Å². The largest absolute Gasteiger partial charge is 0.462 e. The molecule has 3 nitrogen and oxygen atoms in total. The summed E-state index contributed by atoms with van der Waals surface area (Å²) < 4.78 is 4.90. The van der Waals surface area contributed by atoms with E-state index in [0.717, 1.165) is 11.1 Å². The lowest BCUT2D eigenvalue weighted by atomic mass is 9.98. The molecular formula is C15H17NO2. The number of hydrogen-bond donors (Lipinski definition) is 0. The number of benzene rings is 1. The van der Waals surface area contributed by atoms with Crippen LogP contribution in [0.1, 0.15) is 25.8 Å². The van der Waals surface area contributed by atoms with Gasteiger partial charge < -0.3 is 4.74 Å². The summed E-state index contributed by atoms with van der Waals surface area (Å²) in [5, 5.41) is 9.09. The van der Waals surface area contributed by atoms with Crippen molar-refractivity contribution in [2.24, 2.45) is 0 Å². The van der Waals surface area contributed by atoms with Crippen molar-refractivity contribution < 1.29 is 9.53 Å². The van der Waals surface area contributed by atoms with E-state index in [2.05, 4.69) is 0 Å². The zero-order valence-electron chi connectivity index (χ0n) is 10.8. The molecule has 0 atom stereocenters. The Labute approximate surface area is 108 Å². The van der Waals surface area contributed by atoms with Gasteiger partial charge >= 0.3 is 5.97 Å². The van der Waals surface area contributed by atoms with Gasteiger partial charge in [-0.05, 0) is 30.9 Å². The Balaban J connectivity index is 2.98. The fraction of sp³-hybridized carbons (Fsp3) is 0.333. The van der Waals surface area contributed by atoms with Crippen molar-refractivity contribution in [3.63, 3.8) is 0 Å². The van der Waals surface area contributed by atoms with Gasteiger partial charge in [0.25, 0.3) is 0 Å². The maximum atomic E-state index is 11.7. The maximum absolute atomic E-state index is 11.7. The molecule has 0 aliphatic rings. The first-order valence-corrected chi connectivity index (χ1v) is 6.06. The first-order valence-electron chi connectivity index (χ1n) is 6.06. The molecule has 0 aromatic heterocycles. The van der Waals surface area contributed by atoms with Crippen LogP contribution in [0.2, 0.25) is 0 Å². The minimum Gasteiger partial charge on any atom is -0.462 e. The number of carbonyl (C=O) groups is 1. The molecule has 0 radical (unpaired) electrons. The van der Waals surface area contributed by atoms with E-state index >= 15 is 0 Å². The highest BCUT2D eigenvalue weighted by Crippen LogP contribution is 2.16. The summed E-state index contributed by atoms with van der Waals surface area (Å²) in [4.78, 5) is 11.7. The SMILES string of the molecule is CCOC(=O)/C(C#N)=C(/CC)Cc1ccccc1. The van der Waals surface area contributed by atoms with Crippen LogP contribution in [0.4, 0.5) is 0 Å². The molecule has 0 aliphatic heterocycles. The summed E-state index contributed by atoms with van der Waals surface area (Å²) in [6.07, 6.45) is 1.27. The standard InChI is InChI=1S/C15H17NO2/c1-3-13(10-12-8-6-5-7-9-12)14(11-16)15(17)18-4-2/h5-9H,3-4,10H2,1-2H3/b14-13-. The first-order chi connectivity index (χ1) is 8.72. The lowest BCUT2D eigenvalue weighted by Gasteiger charge is -2.08. The van der Waals surface area contributed by atoms with Crippen molar-refractivity contribution in [1.82, 2.24) is 0 Å². The van der Waals surface area contributed by atoms with Crippen molar-refractivity contribution in [2.45, 2.75) is 26.7 Å². The van der Waals surface area contributed by atoms with E-state index in [1.54, 1.807) is 6.92 Å². The van der Waals surface area contributed by atoms with E-state index in [1.165, 1.54) is 0 Å². The third-order valence-corrected chi connectivity index (χ3v) is 2.63. The van der Waals surface area contributed by atoms with Crippen molar-refractivity contribution in [1.29, 1.82) is 5.26 Å². The van der Waals surface area contributed by atoms with Crippen LogP contribution in [-0.2, 0) is 16.0 Å². The molecular weight excluding hydrogens is 226 g/mol. The highest BCUT2D eigenvalue weighted by atomic mass is 16.5. The van der Waals surface area contributed by atoms with Gasteiger partial charge in [0.15, 0.2) is 0 Å². The van der Waals surface area contributed by atoms with Crippen LogP contribution in [-0.4, -0.2) is 12.6 Å². The average Bonchev–Trinajstić information content (AvgIpc) is 2.40. The van der Waals surface area contributed by atoms with Gasteiger partial charge in [-0.15, -0.1) is 0 Å². The van der Waals surface area contributed by atoms with Crippen LogP contribution < -0.4 is 0 Å². The van der Waals surface area contributed by atoms with Crippen LogP contribution >= 0.6 is 0 Å². The summed E-state index contributed by atoms with van der Waals surface area (Å²) in [6.45, 7) is 3.96. The summed E-state index contributed by atoms with van der Waals surface area (Å²) in [7, 11) is 0. The molecule has 0 aliphatic carbocycles. The Kier molecular flexibility index (Phi) is 5.66. The number of rotatable bonds is 5. The van der Waals surface area contributed by atoms with E-state index in [9.17, 15) is 4.79 Å². The number of esters is 1. The van der Waals surface area contributed by atoms with Crippen LogP contribution in [0.5, 0.6) is 0 Å². The van der Waals surface area contributed by atoms with Gasteiger partial charge in [0, 0.05) is 0 Å². The highest BCUT2D eigenvalue weighted by molar-refractivity contribution is 5.93. The number of allylic oxidation sites excluding steroid dienone is 1. The van der Waals surface area contributed by atoms with E-state index in [1.807, 2.05) is 43.3 Å². The molecule has 0 amide bonds. The lowest BCUT2D eigenvalue weighted by Crippen LogP contribution is -2.10. The Morgan fingerprint density at radius 3 is 2.44 bits per heavy atom. The predicted molar refractivity (Wildman–Crippen MR) is 69.7 cm³/mol. The third-order valence-electron chi connectivity index (χ3n) is 2.63. The van der Waals surface area contributed by atoms with Crippen LogP contribution in [0, 0.1) is 11.3 Å². The predicted octanol–water partition coefficient (Wildman–Crippen LogP) is 3.02. The Morgan fingerprint density at radius 1 is 1.28 bits per heavy atom. The molecule has 0 heterocycles. The van der Waals surface area contributed by atoms with Crippen LogP contribution in [0.25, 0.3) is 0 Å². The molecule has 0 unspecified atom stereocenters. The average molecular weight is 243 g/mol. The van der Waals surface area contributed by atoms with Crippen molar-refractivity contribution >= 4 is 5.97 Å². The van der Waals surface area contributed by atoms with E-state index < -0.39 is 5.97 Å². The van der Waals surface area contributed by atoms with Crippen LogP contribution in [0.3, 0.4) is 0 Å². The summed E-state index contributed by atoms with van der Waals surface area (Å²) in [5.41, 5.74) is 2.05. The molecule has 0 saturated carbocycles.